The molecule has 0 N–H and O–H groups in total. The van der Waals surface area contributed by atoms with Crippen molar-refractivity contribution in [3.63, 3.8) is 0 Å². The van der Waals surface area contributed by atoms with Crippen LogP contribution in [0.15, 0.2) is 0 Å². The van der Waals surface area contributed by atoms with E-state index in [9.17, 15) is 0 Å². The van der Waals surface area contributed by atoms with E-state index in [4.69, 9.17) is 32.7 Å². The second-order valence-electron chi connectivity index (χ2n) is 5.27. The monoisotopic (exact) mass is 326 g/mol. The van der Waals surface area contributed by atoms with Crippen LogP contribution in [0.3, 0.4) is 0 Å². The first-order chi connectivity index (χ1) is 9.70. The lowest BCUT2D eigenvalue weighted by Crippen LogP contribution is -2.16. The molecule has 0 aromatic heterocycles. The van der Waals surface area contributed by atoms with Crippen LogP contribution in [0, 0.1) is 0 Å². The second kappa shape index (κ2) is 15.9. The molecular weight excluding hydrogens is 295 g/mol. The van der Waals surface area contributed by atoms with Crippen LogP contribution in [0.5, 0.6) is 0 Å². The lowest BCUT2D eigenvalue weighted by atomic mass is 10.0. The minimum absolute atomic E-state index is 0.172. The standard InChI is InChI=1S/C16H32Cl2O2/c1-3-5-6-7-8-9-10-12-15(20-16(17)18)13-11-14-19-4-2/h15-16H,3-14H2,1-2H3. The van der Waals surface area contributed by atoms with Crippen molar-refractivity contribution in [2.24, 2.45) is 0 Å². The predicted molar refractivity (Wildman–Crippen MR) is 88.7 cm³/mol. The van der Waals surface area contributed by atoms with Crippen molar-refractivity contribution in [2.45, 2.75) is 89.2 Å². The fraction of sp³-hybridized carbons (Fsp3) is 1.00. The topological polar surface area (TPSA) is 18.5 Å². The largest absolute Gasteiger partial charge is 0.382 e. The molecule has 0 radical (unpaired) electrons. The summed E-state index contributed by atoms with van der Waals surface area (Å²) in [6, 6.07) is 0. The molecule has 0 amide bonds. The van der Waals surface area contributed by atoms with E-state index in [0.29, 0.717) is 0 Å². The number of halogens is 2. The van der Waals surface area contributed by atoms with E-state index in [1.165, 1.54) is 44.9 Å². The van der Waals surface area contributed by atoms with E-state index >= 15 is 0 Å². The van der Waals surface area contributed by atoms with Gasteiger partial charge in [0.25, 0.3) is 0 Å². The Morgan fingerprint density at radius 1 is 0.800 bits per heavy atom. The lowest BCUT2D eigenvalue weighted by Gasteiger charge is -2.18. The third-order valence-corrected chi connectivity index (χ3v) is 3.65. The third-order valence-electron chi connectivity index (χ3n) is 3.44. The van der Waals surface area contributed by atoms with Crippen molar-refractivity contribution in [1.82, 2.24) is 0 Å². The summed E-state index contributed by atoms with van der Waals surface area (Å²) in [7, 11) is 0. The van der Waals surface area contributed by atoms with E-state index in [2.05, 4.69) is 6.92 Å². The average Bonchev–Trinajstić information content (AvgIpc) is 2.41. The summed E-state index contributed by atoms with van der Waals surface area (Å²) in [6.07, 6.45) is 12.4. The Bertz CT molecular complexity index is 189. The van der Waals surface area contributed by atoms with Gasteiger partial charge in [-0.3, -0.25) is 0 Å². The summed E-state index contributed by atoms with van der Waals surface area (Å²) in [6.45, 7) is 5.83. The summed E-state index contributed by atoms with van der Waals surface area (Å²) in [5, 5.41) is -0.711. The highest BCUT2D eigenvalue weighted by Gasteiger charge is 2.12. The number of hydrogen-bond donors (Lipinski definition) is 0. The van der Waals surface area contributed by atoms with Crippen LogP contribution in [0.4, 0.5) is 0 Å². The highest BCUT2D eigenvalue weighted by atomic mass is 35.5. The van der Waals surface area contributed by atoms with Crippen molar-refractivity contribution in [2.75, 3.05) is 13.2 Å². The molecule has 20 heavy (non-hydrogen) atoms. The molecule has 4 heteroatoms. The lowest BCUT2D eigenvalue weighted by molar-refractivity contribution is 0.0428. The molecule has 122 valence electrons. The quantitative estimate of drug-likeness (QED) is 0.268. The molecule has 0 fully saturated rings. The van der Waals surface area contributed by atoms with Gasteiger partial charge in [-0.15, -0.1) is 0 Å². The Balaban J connectivity index is 3.59. The SMILES string of the molecule is CCCCCCCCCC(CCCOCC)OC(Cl)Cl. The van der Waals surface area contributed by atoms with Crippen LogP contribution >= 0.6 is 23.2 Å². The van der Waals surface area contributed by atoms with E-state index in [0.717, 1.165) is 32.5 Å². The summed E-state index contributed by atoms with van der Waals surface area (Å²) in [5.41, 5.74) is 0. The molecule has 0 aliphatic carbocycles. The summed E-state index contributed by atoms with van der Waals surface area (Å²) in [5.74, 6) is 0. The Kier molecular flexibility index (Phi) is 16.3. The van der Waals surface area contributed by atoms with E-state index in [1.807, 2.05) is 6.92 Å². The van der Waals surface area contributed by atoms with Gasteiger partial charge in [0.2, 0.25) is 5.02 Å². The van der Waals surface area contributed by atoms with Gasteiger partial charge in [0.1, 0.15) is 0 Å². The molecule has 0 aromatic rings. The Labute approximate surface area is 135 Å². The molecule has 1 atom stereocenters. The average molecular weight is 327 g/mol. The molecule has 0 aromatic carbocycles. The predicted octanol–water partition coefficient (Wildman–Crippen LogP) is 6.09. The number of rotatable bonds is 15. The van der Waals surface area contributed by atoms with Gasteiger partial charge < -0.3 is 9.47 Å². The van der Waals surface area contributed by atoms with E-state index < -0.39 is 5.02 Å². The van der Waals surface area contributed by atoms with Gasteiger partial charge in [0.15, 0.2) is 0 Å². The van der Waals surface area contributed by atoms with Crippen LogP contribution in [0.25, 0.3) is 0 Å². The highest BCUT2D eigenvalue weighted by Crippen LogP contribution is 2.18. The first kappa shape index (κ1) is 20.5. The molecule has 0 aliphatic heterocycles. The molecule has 1 unspecified atom stereocenters. The number of hydrogen-bond acceptors (Lipinski definition) is 2. The molecule has 0 aliphatic rings. The fourth-order valence-electron chi connectivity index (χ4n) is 2.31. The van der Waals surface area contributed by atoms with Crippen LogP contribution < -0.4 is 0 Å². The van der Waals surface area contributed by atoms with Gasteiger partial charge in [-0.05, 0) is 26.2 Å². The molecule has 2 nitrogen and oxygen atoms in total. The van der Waals surface area contributed by atoms with Gasteiger partial charge in [0.05, 0.1) is 6.10 Å². The molecule has 0 bridgehead atoms. The molecule has 0 rings (SSSR count). The van der Waals surface area contributed by atoms with Crippen molar-refractivity contribution < 1.29 is 9.47 Å². The molecule has 0 heterocycles. The van der Waals surface area contributed by atoms with E-state index in [-0.39, 0.29) is 6.10 Å². The maximum Gasteiger partial charge on any atom is 0.206 e. The third kappa shape index (κ3) is 14.9. The van der Waals surface area contributed by atoms with Crippen LogP contribution in [-0.2, 0) is 9.47 Å². The number of alkyl halides is 2. The summed E-state index contributed by atoms with van der Waals surface area (Å²) in [4.78, 5) is 0. The number of unbranched alkanes of at least 4 members (excludes halogenated alkanes) is 6. The molecule has 0 saturated carbocycles. The van der Waals surface area contributed by atoms with Gasteiger partial charge >= 0.3 is 0 Å². The van der Waals surface area contributed by atoms with Crippen molar-refractivity contribution in [3.05, 3.63) is 0 Å². The first-order valence-electron chi connectivity index (χ1n) is 8.22. The minimum Gasteiger partial charge on any atom is -0.382 e. The van der Waals surface area contributed by atoms with Crippen LogP contribution in [0.2, 0.25) is 0 Å². The van der Waals surface area contributed by atoms with Crippen molar-refractivity contribution >= 4 is 23.2 Å². The zero-order valence-electron chi connectivity index (χ0n) is 13.2. The summed E-state index contributed by atoms with van der Waals surface area (Å²) < 4.78 is 10.9. The van der Waals surface area contributed by atoms with Crippen molar-refractivity contribution in [3.8, 4) is 0 Å². The zero-order chi connectivity index (χ0) is 15.1. The minimum atomic E-state index is -0.711. The normalized spacial score (nSPS) is 13.1. The fourth-order valence-corrected chi connectivity index (χ4v) is 2.60. The maximum atomic E-state index is 5.72. The van der Waals surface area contributed by atoms with Gasteiger partial charge in [-0.1, -0.05) is 75.1 Å². The first-order valence-corrected chi connectivity index (χ1v) is 9.09. The Hall–Kier alpha value is 0.500. The van der Waals surface area contributed by atoms with Gasteiger partial charge in [-0.25, -0.2) is 0 Å². The van der Waals surface area contributed by atoms with Crippen molar-refractivity contribution in [1.29, 1.82) is 0 Å². The highest BCUT2D eigenvalue weighted by molar-refractivity contribution is 6.43. The zero-order valence-corrected chi connectivity index (χ0v) is 14.7. The Morgan fingerprint density at radius 2 is 1.40 bits per heavy atom. The Morgan fingerprint density at radius 3 is 2.00 bits per heavy atom. The van der Waals surface area contributed by atoms with Crippen LogP contribution in [0.1, 0.15) is 78.1 Å². The maximum absolute atomic E-state index is 5.72. The van der Waals surface area contributed by atoms with Gasteiger partial charge in [-0.2, -0.15) is 0 Å². The molecule has 0 spiro atoms. The molecule has 0 saturated heterocycles. The molecular formula is C16H32Cl2O2. The smallest absolute Gasteiger partial charge is 0.206 e. The summed E-state index contributed by atoms with van der Waals surface area (Å²) >= 11 is 11.4. The second-order valence-corrected chi connectivity index (χ2v) is 6.28. The number of ether oxygens (including phenoxy) is 2. The van der Waals surface area contributed by atoms with Crippen LogP contribution in [-0.4, -0.2) is 24.3 Å². The van der Waals surface area contributed by atoms with E-state index in [1.54, 1.807) is 0 Å². The van der Waals surface area contributed by atoms with Gasteiger partial charge in [0, 0.05) is 13.2 Å².